The Kier molecular flexibility index (Phi) is 4.55. The molecule has 26 heavy (non-hydrogen) atoms. The Bertz CT molecular complexity index is 941. The molecular weight excluding hydrogens is 326 g/mol. The van der Waals surface area contributed by atoms with E-state index >= 15 is 0 Å². The first kappa shape index (κ1) is 16.9. The van der Waals surface area contributed by atoms with Gasteiger partial charge in [0.15, 0.2) is 0 Å². The van der Waals surface area contributed by atoms with Gasteiger partial charge >= 0.3 is 0 Å². The summed E-state index contributed by atoms with van der Waals surface area (Å²) >= 11 is 0. The van der Waals surface area contributed by atoms with Crippen molar-refractivity contribution in [3.8, 4) is 0 Å². The molecule has 5 heteroatoms. The van der Waals surface area contributed by atoms with E-state index in [2.05, 4.69) is 59.3 Å². The number of para-hydroxylation sites is 1. The highest BCUT2D eigenvalue weighted by Gasteiger charge is 2.22. The van der Waals surface area contributed by atoms with Gasteiger partial charge in [0.1, 0.15) is 6.04 Å². The van der Waals surface area contributed by atoms with Crippen LogP contribution < -0.4 is 5.32 Å². The van der Waals surface area contributed by atoms with Gasteiger partial charge in [0.25, 0.3) is 0 Å². The summed E-state index contributed by atoms with van der Waals surface area (Å²) in [5.74, 6) is 0.129. The van der Waals surface area contributed by atoms with Gasteiger partial charge in [0, 0.05) is 47.1 Å². The third kappa shape index (κ3) is 2.92. The third-order valence-electron chi connectivity index (χ3n) is 5.16. The lowest BCUT2D eigenvalue weighted by Gasteiger charge is -2.29. The number of aryl methyl sites for hydroxylation is 1. The maximum atomic E-state index is 12.6. The number of aromatic nitrogens is 1. The number of fused-ring (bicyclic) bond motifs is 3. The molecule has 1 aliphatic rings. The van der Waals surface area contributed by atoms with Crippen molar-refractivity contribution < 1.29 is 9.53 Å². The van der Waals surface area contributed by atoms with Gasteiger partial charge in [0.05, 0.1) is 13.2 Å². The number of nitrogens with one attached hydrogen (secondary N) is 1. The van der Waals surface area contributed by atoms with E-state index in [4.69, 9.17) is 4.74 Å². The zero-order chi connectivity index (χ0) is 18.1. The topological polar surface area (TPSA) is 46.5 Å². The number of rotatable bonds is 4. The van der Waals surface area contributed by atoms with Crippen LogP contribution in [0, 0.1) is 0 Å². The van der Waals surface area contributed by atoms with E-state index in [1.54, 1.807) is 0 Å². The fraction of sp³-hybridized carbons (Fsp3) is 0.381. The molecule has 3 aromatic rings. The van der Waals surface area contributed by atoms with Gasteiger partial charge in [-0.3, -0.25) is 4.79 Å². The van der Waals surface area contributed by atoms with Gasteiger partial charge in [-0.05, 0) is 38.1 Å². The van der Waals surface area contributed by atoms with Crippen LogP contribution in [0.2, 0.25) is 0 Å². The van der Waals surface area contributed by atoms with Gasteiger partial charge in [0.2, 0.25) is 5.91 Å². The summed E-state index contributed by atoms with van der Waals surface area (Å²) in [6, 6.07) is 14.6. The zero-order valence-electron chi connectivity index (χ0n) is 15.4. The number of anilines is 1. The molecule has 1 atom stereocenters. The standard InChI is InChI=1S/C21H25N3O2/c1-3-24-19-7-5-4-6-17(19)18-14-16(8-9-20(18)24)22-15(2)21(25)23-10-12-26-13-11-23/h4-9,14-15,22H,3,10-13H2,1-2H3/t15-/m0/s1. The number of amides is 1. The van der Waals surface area contributed by atoms with E-state index in [-0.39, 0.29) is 11.9 Å². The predicted octanol–water partition coefficient (Wildman–Crippen LogP) is 3.47. The maximum Gasteiger partial charge on any atom is 0.244 e. The first-order chi connectivity index (χ1) is 12.7. The largest absolute Gasteiger partial charge is 0.378 e. The normalized spacial score (nSPS) is 16.2. The molecule has 2 heterocycles. The number of hydrogen-bond acceptors (Lipinski definition) is 3. The summed E-state index contributed by atoms with van der Waals surface area (Å²) in [7, 11) is 0. The molecule has 1 amide bonds. The third-order valence-corrected chi connectivity index (χ3v) is 5.16. The molecule has 1 aromatic heterocycles. The average molecular weight is 351 g/mol. The van der Waals surface area contributed by atoms with Crippen LogP contribution in [-0.2, 0) is 16.1 Å². The van der Waals surface area contributed by atoms with Crippen molar-refractivity contribution in [2.75, 3.05) is 31.6 Å². The first-order valence-electron chi connectivity index (χ1n) is 9.33. The molecule has 4 rings (SSSR count). The van der Waals surface area contributed by atoms with Crippen LogP contribution in [0.3, 0.4) is 0 Å². The Morgan fingerprint density at radius 2 is 1.85 bits per heavy atom. The first-order valence-corrected chi connectivity index (χ1v) is 9.33. The fourth-order valence-electron chi connectivity index (χ4n) is 3.85. The zero-order valence-corrected chi connectivity index (χ0v) is 15.4. The minimum atomic E-state index is -0.259. The van der Waals surface area contributed by atoms with E-state index in [1.807, 2.05) is 11.8 Å². The molecule has 0 radical (unpaired) electrons. The van der Waals surface area contributed by atoms with Gasteiger partial charge in [-0.2, -0.15) is 0 Å². The molecule has 0 bridgehead atoms. The molecule has 0 saturated carbocycles. The minimum absolute atomic E-state index is 0.129. The molecule has 1 saturated heterocycles. The lowest BCUT2D eigenvalue weighted by Crippen LogP contribution is -2.46. The molecule has 1 N–H and O–H groups in total. The van der Waals surface area contributed by atoms with Crippen LogP contribution in [-0.4, -0.2) is 47.7 Å². The van der Waals surface area contributed by atoms with Crippen molar-refractivity contribution in [1.29, 1.82) is 0 Å². The molecule has 1 fully saturated rings. The van der Waals surface area contributed by atoms with Crippen LogP contribution in [0.15, 0.2) is 42.5 Å². The van der Waals surface area contributed by atoms with Crippen molar-refractivity contribution in [1.82, 2.24) is 9.47 Å². The predicted molar refractivity (Wildman–Crippen MR) is 106 cm³/mol. The van der Waals surface area contributed by atoms with Gasteiger partial charge in [-0.1, -0.05) is 18.2 Å². The number of ether oxygens (including phenoxy) is 1. The molecular formula is C21H25N3O2. The second-order valence-electron chi connectivity index (χ2n) is 6.80. The molecule has 1 aliphatic heterocycles. The highest BCUT2D eigenvalue weighted by atomic mass is 16.5. The lowest BCUT2D eigenvalue weighted by molar-refractivity contribution is -0.135. The van der Waals surface area contributed by atoms with Crippen molar-refractivity contribution in [3.05, 3.63) is 42.5 Å². The van der Waals surface area contributed by atoms with E-state index in [9.17, 15) is 4.79 Å². The summed E-state index contributed by atoms with van der Waals surface area (Å²) in [6.07, 6.45) is 0. The summed E-state index contributed by atoms with van der Waals surface area (Å²) < 4.78 is 7.66. The average Bonchev–Trinajstić information content (AvgIpc) is 3.01. The Morgan fingerprint density at radius 3 is 2.62 bits per heavy atom. The SMILES string of the molecule is CCn1c2ccccc2c2cc(N[C@@H](C)C(=O)N3CCOCC3)ccc21. The van der Waals surface area contributed by atoms with Crippen molar-refractivity contribution >= 4 is 33.4 Å². The molecule has 5 nitrogen and oxygen atoms in total. The summed E-state index contributed by atoms with van der Waals surface area (Å²) in [5.41, 5.74) is 3.46. The quantitative estimate of drug-likeness (QED) is 0.783. The second kappa shape index (κ2) is 7.00. The van der Waals surface area contributed by atoms with Crippen molar-refractivity contribution in [3.63, 3.8) is 0 Å². The van der Waals surface area contributed by atoms with Crippen LogP contribution in [0.1, 0.15) is 13.8 Å². The monoisotopic (exact) mass is 351 g/mol. The van der Waals surface area contributed by atoms with E-state index < -0.39 is 0 Å². The number of hydrogen-bond donors (Lipinski definition) is 1. The number of carbonyl (C=O) groups excluding carboxylic acids is 1. The summed E-state index contributed by atoms with van der Waals surface area (Å²) in [4.78, 5) is 14.5. The van der Waals surface area contributed by atoms with Crippen molar-refractivity contribution in [2.24, 2.45) is 0 Å². The van der Waals surface area contributed by atoms with Crippen LogP contribution >= 0.6 is 0 Å². The van der Waals surface area contributed by atoms with Crippen LogP contribution in [0.4, 0.5) is 5.69 Å². The van der Waals surface area contributed by atoms with Gasteiger partial charge in [-0.15, -0.1) is 0 Å². The number of nitrogens with zero attached hydrogens (tertiary/aromatic N) is 2. The molecule has 0 aliphatic carbocycles. The molecule has 0 unspecified atom stereocenters. The van der Waals surface area contributed by atoms with Crippen LogP contribution in [0.25, 0.3) is 21.8 Å². The maximum absolute atomic E-state index is 12.6. The highest BCUT2D eigenvalue weighted by Crippen LogP contribution is 2.31. The van der Waals surface area contributed by atoms with Gasteiger partial charge < -0.3 is 19.5 Å². The fourth-order valence-corrected chi connectivity index (χ4v) is 3.85. The molecule has 0 spiro atoms. The Labute approximate surface area is 153 Å². The highest BCUT2D eigenvalue weighted by molar-refractivity contribution is 6.09. The summed E-state index contributed by atoms with van der Waals surface area (Å²) in [5, 5.41) is 5.85. The minimum Gasteiger partial charge on any atom is -0.378 e. The second-order valence-corrected chi connectivity index (χ2v) is 6.80. The Morgan fingerprint density at radius 1 is 1.12 bits per heavy atom. The Balaban J connectivity index is 1.63. The van der Waals surface area contributed by atoms with E-state index in [0.29, 0.717) is 26.3 Å². The Hall–Kier alpha value is -2.53. The lowest BCUT2D eigenvalue weighted by atomic mass is 10.1. The number of morpholine rings is 1. The van der Waals surface area contributed by atoms with E-state index in [0.717, 1.165) is 12.2 Å². The van der Waals surface area contributed by atoms with Gasteiger partial charge in [-0.25, -0.2) is 0 Å². The van der Waals surface area contributed by atoms with E-state index in [1.165, 1.54) is 21.8 Å². The molecule has 2 aromatic carbocycles. The summed E-state index contributed by atoms with van der Waals surface area (Å²) in [6.45, 7) is 7.63. The number of carbonyl (C=O) groups is 1. The smallest absolute Gasteiger partial charge is 0.244 e. The van der Waals surface area contributed by atoms with Crippen LogP contribution in [0.5, 0.6) is 0 Å². The van der Waals surface area contributed by atoms with Crippen molar-refractivity contribution in [2.45, 2.75) is 26.4 Å². The number of benzene rings is 2. The molecule has 136 valence electrons.